The molecule has 3 aromatic rings. The molecule has 0 radical (unpaired) electrons. The van der Waals surface area contributed by atoms with Crippen molar-refractivity contribution >= 4 is 17.5 Å². The van der Waals surface area contributed by atoms with E-state index in [0.29, 0.717) is 34.0 Å². The molecule has 0 spiro atoms. The third-order valence-electron chi connectivity index (χ3n) is 4.20. The van der Waals surface area contributed by atoms with Crippen LogP contribution in [0.15, 0.2) is 54.7 Å². The SMILES string of the molecule is COc1ccc(-c2[nH]ncc2C(=O)N[C@@H](CO)Cc2ccccc2)cc1Cl. The van der Waals surface area contributed by atoms with Gasteiger partial charge in [0.25, 0.3) is 5.91 Å². The molecule has 1 amide bonds. The number of benzene rings is 2. The van der Waals surface area contributed by atoms with Gasteiger partial charge >= 0.3 is 0 Å². The number of nitrogens with one attached hydrogen (secondary N) is 2. The fourth-order valence-corrected chi connectivity index (χ4v) is 3.08. The van der Waals surface area contributed by atoms with E-state index in [2.05, 4.69) is 15.5 Å². The molecule has 27 heavy (non-hydrogen) atoms. The predicted molar refractivity (Wildman–Crippen MR) is 104 cm³/mol. The molecule has 3 N–H and O–H groups in total. The summed E-state index contributed by atoms with van der Waals surface area (Å²) in [5.41, 5.74) is 2.68. The number of aromatic nitrogens is 2. The molecule has 0 saturated heterocycles. The quantitative estimate of drug-likeness (QED) is 0.583. The number of amides is 1. The van der Waals surface area contributed by atoms with Crippen LogP contribution >= 0.6 is 11.6 Å². The number of halogens is 1. The van der Waals surface area contributed by atoms with Gasteiger partial charge in [-0.1, -0.05) is 41.9 Å². The second kappa shape index (κ2) is 8.70. The van der Waals surface area contributed by atoms with Crippen LogP contribution in [0, 0.1) is 0 Å². The number of hydrogen-bond donors (Lipinski definition) is 3. The number of H-pyrrole nitrogens is 1. The van der Waals surface area contributed by atoms with Crippen LogP contribution in [-0.4, -0.2) is 41.0 Å². The standard InChI is InChI=1S/C20H20ClN3O3/c1-27-18-8-7-14(10-17(18)21)19-16(11-22-24-19)20(26)23-15(12-25)9-13-5-3-2-4-6-13/h2-8,10-11,15,25H,9,12H2,1H3,(H,22,24)(H,23,26)/t15-/m1/s1. The first-order valence-electron chi connectivity index (χ1n) is 8.45. The first kappa shape index (κ1) is 18.9. The zero-order valence-electron chi connectivity index (χ0n) is 14.8. The molecule has 0 aliphatic rings. The minimum Gasteiger partial charge on any atom is -0.495 e. The Kier molecular flexibility index (Phi) is 6.11. The fraction of sp³-hybridized carbons (Fsp3) is 0.200. The fourth-order valence-electron chi connectivity index (χ4n) is 2.82. The van der Waals surface area contributed by atoms with E-state index in [-0.39, 0.29) is 12.5 Å². The van der Waals surface area contributed by atoms with E-state index in [1.54, 1.807) is 18.2 Å². The summed E-state index contributed by atoms with van der Waals surface area (Å²) in [6, 6.07) is 14.5. The summed E-state index contributed by atoms with van der Waals surface area (Å²) < 4.78 is 5.15. The van der Waals surface area contributed by atoms with Gasteiger partial charge in [-0.25, -0.2) is 0 Å². The Balaban J connectivity index is 1.78. The van der Waals surface area contributed by atoms with E-state index in [1.165, 1.54) is 13.3 Å². The molecular formula is C20H20ClN3O3. The molecule has 0 unspecified atom stereocenters. The van der Waals surface area contributed by atoms with Gasteiger partial charge in [0.2, 0.25) is 0 Å². The predicted octanol–water partition coefficient (Wildman–Crippen LogP) is 3.07. The molecule has 0 saturated carbocycles. The van der Waals surface area contributed by atoms with Gasteiger partial charge in [0.15, 0.2) is 0 Å². The molecule has 0 fully saturated rings. The van der Waals surface area contributed by atoms with Crippen LogP contribution in [0.5, 0.6) is 5.75 Å². The number of carbonyl (C=O) groups is 1. The highest BCUT2D eigenvalue weighted by Gasteiger charge is 2.19. The molecule has 7 heteroatoms. The number of aliphatic hydroxyl groups is 1. The van der Waals surface area contributed by atoms with Crippen molar-refractivity contribution in [1.82, 2.24) is 15.5 Å². The van der Waals surface area contributed by atoms with Gasteiger partial charge < -0.3 is 15.2 Å². The summed E-state index contributed by atoms with van der Waals surface area (Å²) in [7, 11) is 1.54. The minimum atomic E-state index is -0.401. The molecule has 1 aromatic heterocycles. The van der Waals surface area contributed by atoms with Gasteiger partial charge in [0.1, 0.15) is 5.75 Å². The van der Waals surface area contributed by atoms with Crippen molar-refractivity contribution < 1.29 is 14.6 Å². The highest BCUT2D eigenvalue weighted by Crippen LogP contribution is 2.30. The zero-order valence-corrected chi connectivity index (χ0v) is 15.5. The van der Waals surface area contributed by atoms with Crippen molar-refractivity contribution in [3.05, 3.63) is 70.9 Å². The number of rotatable bonds is 7. The Hall–Kier alpha value is -2.83. The molecule has 6 nitrogen and oxygen atoms in total. The number of carbonyl (C=O) groups excluding carboxylic acids is 1. The maximum Gasteiger partial charge on any atom is 0.255 e. The maximum atomic E-state index is 12.7. The number of hydrogen-bond acceptors (Lipinski definition) is 4. The zero-order chi connectivity index (χ0) is 19.2. The smallest absolute Gasteiger partial charge is 0.255 e. The van der Waals surface area contributed by atoms with Crippen molar-refractivity contribution in [3.8, 4) is 17.0 Å². The monoisotopic (exact) mass is 385 g/mol. The maximum absolute atomic E-state index is 12.7. The second-order valence-corrected chi connectivity index (χ2v) is 6.46. The van der Waals surface area contributed by atoms with Crippen molar-refractivity contribution in [3.63, 3.8) is 0 Å². The number of aromatic amines is 1. The Morgan fingerprint density at radius 3 is 2.74 bits per heavy atom. The van der Waals surface area contributed by atoms with Gasteiger partial charge in [0, 0.05) is 5.56 Å². The highest BCUT2D eigenvalue weighted by atomic mass is 35.5. The van der Waals surface area contributed by atoms with Crippen LogP contribution in [-0.2, 0) is 6.42 Å². The Bertz CT molecular complexity index is 912. The van der Waals surface area contributed by atoms with E-state index < -0.39 is 6.04 Å². The van der Waals surface area contributed by atoms with Crippen LogP contribution < -0.4 is 10.1 Å². The molecular weight excluding hydrogens is 366 g/mol. The molecule has 0 aliphatic carbocycles. The molecule has 140 valence electrons. The lowest BCUT2D eigenvalue weighted by Gasteiger charge is -2.16. The summed E-state index contributed by atoms with van der Waals surface area (Å²) in [6.45, 7) is -0.165. The van der Waals surface area contributed by atoms with Gasteiger partial charge in [-0.15, -0.1) is 0 Å². The minimum absolute atomic E-state index is 0.165. The van der Waals surface area contributed by atoms with Crippen LogP contribution in [0.1, 0.15) is 15.9 Å². The lowest BCUT2D eigenvalue weighted by atomic mass is 10.0. The summed E-state index contributed by atoms with van der Waals surface area (Å²) in [6.07, 6.45) is 1.99. The summed E-state index contributed by atoms with van der Waals surface area (Å²) in [5, 5.41) is 19.8. The third kappa shape index (κ3) is 4.48. The van der Waals surface area contributed by atoms with Gasteiger partial charge in [-0.2, -0.15) is 5.10 Å². The van der Waals surface area contributed by atoms with Crippen LogP contribution in [0.25, 0.3) is 11.3 Å². The summed E-state index contributed by atoms with van der Waals surface area (Å²) in [5.74, 6) is 0.231. The van der Waals surface area contributed by atoms with E-state index >= 15 is 0 Å². The van der Waals surface area contributed by atoms with E-state index in [9.17, 15) is 9.90 Å². The first-order valence-corrected chi connectivity index (χ1v) is 8.83. The number of nitrogens with zero attached hydrogens (tertiary/aromatic N) is 1. The third-order valence-corrected chi connectivity index (χ3v) is 4.50. The van der Waals surface area contributed by atoms with Gasteiger partial charge in [0.05, 0.1) is 42.2 Å². The van der Waals surface area contributed by atoms with Gasteiger partial charge in [-0.05, 0) is 30.2 Å². The van der Waals surface area contributed by atoms with E-state index in [0.717, 1.165) is 5.56 Å². The topological polar surface area (TPSA) is 87.2 Å². The Labute approximate surface area is 162 Å². The molecule has 0 aliphatic heterocycles. The van der Waals surface area contributed by atoms with Crippen molar-refractivity contribution in [2.24, 2.45) is 0 Å². The highest BCUT2D eigenvalue weighted by molar-refractivity contribution is 6.32. The van der Waals surface area contributed by atoms with Crippen molar-refractivity contribution in [2.75, 3.05) is 13.7 Å². The van der Waals surface area contributed by atoms with Crippen molar-refractivity contribution in [1.29, 1.82) is 0 Å². The lowest BCUT2D eigenvalue weighted by molar-refractivity contribution is 0.0917. The summed E-state index contributed by atoms with van der Waals surface area (Å²) in [4.78, 5) is 12.7. The Morgan fingerprint density at radius 2 is 2.07 bits per heavy atom. The number of aliphatic hydroxyl groups excluding tert-OH is 1. The van der Waals surface area contributed by atoms with Crippen LogP contribution in [0.3, 0.4) is 0 Å². The van der Waals surface area contributed by atoms with Gasteiger partial charge in [-0.3, -0.25) is 9.89 Å². The lowest BCUT2D eigenvalue weighted by Crippen LogP contribution is -2.39. The molecule has 0 bridgehead atoms. The number of methoxy groups -OCH3 is 1. The average Bonchev–Trinajstić information content (AvgIpc) is 3.18. The second-order valence-electron chi connectivity index (χ2n) is 6.05. The Morgan fingerprint density at radius 1 is 1.30 bits per heavy atom. The van der Waals surface area contributed by atoms with Crippen molar-refractivity contribution in [2.45, 2.75) is 12.5 Å². The largest absolute Gasteiger partial charge is 0.495 e. The molecule has 3 rings (SSSR count). The summed E-state index contributed by atoms with van der Waals surface area (Å²) >= 11 is 6.18. The number of ether oxygens (including phenoxy) is 1. The molecule has 1 atom stereocenters. The van der Waals surface area contributed by atoms with Crippen LogP contribution in [0.4, 0.5) is 0 Å². The van der Waals surface area contributed by atoms with E-state index in [4.69, 9.17) is 16.3 Å². The molecule has 2 aromatic carbocycles. The first-order chi connectivity index (χ1) is 13.1. The van der Waals surface area contributed by atoms with Crippen LogP contribution in [0.2, 0.25) is 5.02 Å². The average molecular weight is 386 g/mol. The normalized spacial score (nSPS) is 11.8. The molecule has 1 heterocycles. The van der Waals surface area contributed by atoms with E-state index in [1.807, 2.05) is 30.3 Å².